The monoisotopic (exact) mass is 617 g/mol. The summed E-state index contributed by atoms with van der Waals surface area (Å²) in [6.07, 6.45) is -0.683. The van der Waals surface area contributed by atoms with Crippen LogP contribution in [0.4, 0.5) is 17.6 Å². The van der Waals surface area contributed by atoms with Crippen molar-refractivity contribution in [3.8, 4) is 5.75 Å². The molecule has 0 unspecified atom stereocenters. The Labute approximate surface area is 255 Å². The highest BCUT2D eigenvalue weighted by Crippen LogP contribution is 2.22. The molecule has 3 aromatic rings. The van der Waals surface area contributed by atoms with Crippen molar-refractivity contribution in [3.63, 3.8) is 0 Å². The van der Waals surface area contributed by atoms with Gasteiger partial charge in [-0.1, -0.05) is 26.0 Å². The molecule has 0 aromatic heterocycles. The van der Waals surface area contributed by atoms with E-state index in [9.17, 15) is 32.3 Å². The highest BCUT2D eigenvalue weighted by atomic mass is 19.2. The number of carbonyl (C=O) groups is 2. The minimum Gasteiger partial charge on any atom is -0.497 e. The van der Waals surface area contributed by atoms with Crippen molar-refractivity contribution in [3.05, 3.63) is 99.6 Å². The Bertz CT molecular complexity index is 1420. The maximum atomic E-state index is 14.6. The van der Waals surface area contributed by atoms with Gasteiger partial charge in [0, 0.05) is 55.4 Å². The summed E-state index contributed by atoms with van der Waals surface area (Å²) in [5.41, 5.74) is 0.857. The van der Waals surface area contributed by atoms with E-state index in [0.717, 1.165) is 18.4 Å². The van der Waals surface area contributed by atoms with Gasteiger partial charge in [-0.3, -0.25) is 9.59 Å². The average molecular weight is 618 g/mol. The Hall–Kier alpha value is -3.96. The molecule has 0 saturated carbocycles. The van der Waals surface area contributed by atoms with Gasteiger partial charge < -0.3 is 25.4 Å². The van der Waals surface area contributed by atoms with Crippen LogP contribution in [0.3, 0.4) is 0 Å². The zero-order chi connectivity index (χ0) is 32.4. The quantitative estimate of drug-likeness (QED) is 0.159. The molecule has 3 aromatic carbocycles. The van der Waals surface area contributed by atoms with Crippen molar-refractivity contribution in [2.24, 2.45) is 0 Å². The Morgan fingerprint density at radius 1 is 0.932 bits per heavy atom. The summed E-state index contributed by atoms with van der Waals surface area (Å²) in [6, 6.07) is 10.5. The molecule has 2 amide bonds. The number of ether oxygens (including phenoxy) is 1. The van der Waals surface area contributed by atoms with Crippen LogP contribution in [0.25, 0.3) is 0 Å². The SMILES string of the molecule is CCCN(CCC)C(=O)c1cc(C)cc(C(=O)N[C@@H](Cc2c(F)c(F)cc(F)c2F)[C@H](O)CNCc2cccc(OC)c2)c1. The number of hydrogen-bond donors (Lipinski definition) is 3. The Balaban J connectivity index is 1.88. The summed E-state index contributed by atoms with van der Waals surface area (Å²) in [4.78, 5) is 28.4. The fourth-order valence-corrected chi connectivity index (χ4v) is 4.92. The highest BCUT2D eigenvalue weighted by molar-refractivity contribution is 6.00. The van der Waals surface area contributed by atoms with E-state index in [4.69, 9.17) is 4.74 Å². The van der Waals surface area contributed by atoms with Crippen molar-refractivity contribution in [1.82, 2.24) is 15.5 Å². The molecule has 0 aliphatic heterocycles. The van der Waals surface area contributed by atoms with E-state index >= 15 is 0 Å². The number of aryl methyl sites for hydroxylation is 1. The van der Waals surface area contributed by atoms with Crippen molar-refractivity contribution >= 4 is 11.8 Å². The zero-order valence-electron chi connectivity index (χ0n) is 25.4. The third-order valence-electron chi connectivity index (χ3n) is 7.09. The first kappa shape index (κ1) is 34.5. The van der Waals surface area contributed by atoms with Crippen LogP contribution in [0.2, 0.25) is 0 Å². The molecule has 7 nitrogen and oxygen atoms in total. The second kappa shape index (κ2) is 16.2. The van der Waals surface area contributed by atoms with E-state index in [0.29, 0.717) is 30.0 Å². The number of rotatable bonds is 15. The van der Waals surface area contributed by atoms with Crippen molar-refractivity contribution in [2.45, 2.75) is 58.7 Å². The molecular weight excluding hydrogens is 578 g/mol. The van der Waals surface area contributed by atoms with Gasteiger partial charge in [0.2, 0.25) is 0 Å². The molecule has 3 rings (SSSR count). The van der Waals surface area contributed by atoms with Crippen LogP contribution >= 0.6 is 0 Å². The molecule has 3 N–H and O–H groups in total. The number of aliphatic hydroxyl groups excluding tert-OH is 1. The number of carbonyl (C=O) groups excluding carboxylic acids is 2. The van der Waals surface area contributed by atoms with E-state index in [1.807, 2.05) is 19.9 Å². The van der Waals surface area contributed by atoms with Crippen LogP contribution in [0.5, 0.6) is 5.75 Å². The van der Waals surface area contributed by atoms with Crippen LogP contribution in [-0.4, -0.2) is 60.7 Å². The number of nitrogens with one attached hydrogen (secondary N) is 2. The lowest BCUT2D eigenvalue weighted by Crippen LogP contribution is -2.49. The molecule has 0 aliphatic carbocycles. The number of nitrogens with zero attached hydrogens (tertiary/aromatic N) is 1. The molecule has 11 heteroatoms. The third-order valence-corrected chi connectivity index (χ3v) is 7.09. The predicted octanol–water partition coefficient (Wildman–Crippen LogP) is 5.31. The van der Waals surface area contributed by atoms with Crippen LogP contribution in [0.15, 0.2) is 48.5 Å². The number of methoxy groups -OCH3 is 1. The fraction of sp³-hybridized carbons (Fsp3) is 0.394. The van der Waals surface area contributed by atoms with Gasteiger partial charge >= 0.3 is 0 Å². The number of aliphatic hydroxyl groups is 1. The molecule has 0 aliphatic rings. The summed E-state index contributed by atoms with van der Waals surface area (Å²) < 4.78 is 62.4. The molecule has 0 fully saturated rings. The lowest BCUT2D eigenvalue weighted by molar-refractivity contribution is 0.0755. The van der Waals surface area contributed by atoms with Gasteiger partial charge in [-0.25, -0.2) is 17.6 Å². The average Bonchev–Trinajstić information content (AvgIpc) is 3.00. The molecule has 0 heterocycles. The van der Waals surface area contributed by atoms with Crippen LogP contribution in [0.1, 0.15) is 64.1 Å². The number of hydrogen-bond acceptors (Lipinski definition) is 5. The van der Waals surface area contributed by atoms with E-state index in [1.54, 1.807) is 36.1 Å². The second-order valence-electron chi connectivity index (χ2n) is 10.7. The first-order chi connectivity index (χ1) is 21.0. The zero-order valence-corrected chi connectivity index (χ0v) is 25.4. The van der Waals surface area contributed by atoms with E-state index in [2.05, 4.69) is 10.6 Å². The van der Waals surface area contributed by atoms with Gasteiger partial charge in [0.1, 0.15) is 5.75 Å². The molecule has 0 radical (unpaired) electrons. The lowest BCUT2D eigenvalue weighted by Gasteiger charge is -2.26. The molecule has 0 bridgehead atoms. The molecule has 2 atom stereocenters. The van der Waals surface area contributed by atoms with E-state index < -0.39 is 53.3 Å². The molecule has 44 heavy (non-hydrogen) atoms. The smallest absolute Gasteiger partial charge is 0.253 e. The Morgan fingerprint density at radius 3 is 2.18 bits per heavy atom. The Morgan fingerprint density at radius 2 is 1.57 bits per heavy atom. The normalized spacial score (nSPS) is 12.5. The summed E-state index contributed by atoms with van der Waals surface area (Å²) in [5, 5.41) is 16.6. The summed E-state index contributed by atoms with van der Waals surface area (Å²) in [6.45, 7) is 6.84. The lowest BCUT2D eigenvalue weighted by atomic mass is 9.98. The topological polar surface area (TPSA) is 90.9 Å². The van der Waals surface area contributed by atoms with E-state index in [-0.39, 0.29) is 30.6 Å². The first-order valence-electron chi connectivity index (χ1n) is 14.5. The van der Waals surface area contributed by atoms with Gasteiger partial charge in [0.15, 0.2) is 23.3 Å². The number of halogens is 4. The van der Waals surface area contributed by atoms with Gasteiger partial charge in [0.05, 0.1) is 19.3 Å². The number of benzene rings is 3. The summed E-state index contributed by atoms with van der Waals surface area (Å²) in [7, 11) is 1.52. The van der Waals surface area contributed by atoms with Gasteiger partial charge in [-0.2, -0.15) is 0 Å². The standard InChI is InChI=1S/C33H39F4N3O4/c1-5-10-40(11-6-2)33(43)23-13-20(3)12-22(15-23)32(42)39-28(16-25-30(36)26(34)17-27(35)31(25)37)29(41)19-38-18-21-8-7-9-24(14-21)44-4/h7-9,12-15,17,28-29,38,41H,5-6,10-11,16,18-19H2,1-4H3,(H,39,42)/t28-,29+/m0/s1. The second-order valence-corrected chi connectivity index (χ2v) is 10.7. The van der Waals surface area contributed by atoms with Gasteiger partial charge in [0.25, 0.3) is 11.8 Å². The highest BCUT2D eigenvalue weighted by Gasteiger charge is 2.28. The summed E-state index contributed by atoms with van der Waals surface area (Å²) in [5.74, 6) is -6.79. The summed E-state index contributed by atoms with van der Waals surface area (Å²) >= 11 is 0. The largest absolute Gasteiger partial charge is 0.497 e. The van der Waals surface area contributed by atoms with Crippen molar-refractivity contribution in [2.75, 3.05) is 26.7 Å². The van der Waals surface area contributed by atoms with Crippen LogP contribution < -0.4 is 15.4 Å². The van der Waals surface area contributed by atoms with Crippen LogP contribution in [0, 0.1) is 30.2 Å². The van der Waals surface area contributed by atoms with Crippen molar-refractivity contribution < 1.29 is 37.0 Å². The third kappa shape index (κ3) is 9.03. The minimum absolute atomic E-state index is 0.0780. The van der Waals surface area contributed by atoms with Crippen molar-refractivity contribution in [1.29, 1.82) is 0 Å². The molecule has 0 spiro atoms. The molecule has 238 valence electrons. The molecular formula is C33H39F4N3O4. The maximum absolute atomic E-state index is 14.6. The first-order valence-corrected chi connectivity index (χ1v) is 14.5. The molecule has 0 saturated heterocycles. The number of amides is 2. The van der Waals surface area contributed by atoms with Crippen LogP contribution in [-0.2, 0) is 13.0 Å². The van der Waals surface area contributed by atoms with Gasteiger partial charge in [-0.05, 0) is 61.2 Å². The van der Waals surface area contributed by atoms with Gasteiger partial charge in [-0.15, -0.1) is 0 Å². The maximum Gasteiger partial charge on any atom is 0.253 e. The predicted molar refractivity (Wildman–Crippen MR) is 160 cm³/mol. The Kier molecular flexibility index (Phi) is 12.7. The fourth-order valence-electron chi connectivity index (χ4n) is 4.92. The minimum atomic E-state index is -1.62. The van der Waals surface area contributed by atoms with E-state index in [1.165, 1.54) is 19.2 Å².